The molecular weight excluding hydrogens is 300 g/mol. The summed E-state index contributed by atoms with van der Waals surface area (Å²) in [7, 11) is 0. The molecule has 1 aliphatic carbocycles. The van der Waals surface area contributed by atoms with Crippen molar-refractivity contribution in [3.63, 3.8) is 0 Å². The van der Waals surface area contributed by atoms with E-state index in [0.29, 0.717) is 18.9 Å². The van der Waals surface area contributed by atoms with Gasteiger partial charge in [-0.05, 0) is 30.0 Å². The van der Waals surface area contributed by atoms with Gasteiger partial charge in [0, 0.05) is 31.1 Å². The minimum Gasteiger partial charge on any atom is -0.389 e. The second-order valence-corrected chi connectivity index (χ2v) is 7.04. The van der Waals surface area contributed by atoms with Crippen molar-refractivity contribution in [3.05, 3.63) is 66.2 Å². The summed E-state index contributed by atoms with van der Waals surface area (Å²) in [6, 6.07) is 19.5. The molecule has 24 heavy (non-hydrogen) atoms. The number of aliphatic hydroxyl groups is 1. The number of likely N-dealkylation sites (tertiary alicyclic amines) is 1. The molecule has 2 aromatic rings. The van der Waals surface area contributed by atoms with Crippen molar-refractivity contribution in [1.82, 2.24) is 4.90 Å². The third-order valence-corrected chi connectivity index (χ3v) is 5.41. The summed E-state index contributed by atoms with van der Waals surface area (Å²) >= 11 is 0. The number of nitrogens with one attached hydrogen (secondary N) is 1. The minimum atomic E-state index is -0.673. The zero-order chi connectivity index (χ0) is 16.6. The summed E-state index contributed by atoms with van der Waals surface area (Å²) < 4.78 is 0. The Balaban J connectivity index is 1.39. The van der Waals surface area contributed by atoms with Gasteiger partial charge in [0.25, 0.3) is 0 Å². The Morgan fingerprint density at radius 1 is 1.08 bits per heavy atom. The van der Waals surface area contributed by atoms with Crippen molar-refractivity contribution in [2.45, 2.75) is 18.4 Å². The largest absolute Gasteiger partial charge is 0.389 e. The van der Waals surface area contributed by atoms with Crippen molar-refractivity contribution in [2.24, 2.45) is 11.8 Å². The molecule has 1 heterocycles. The Morgan fingerprint density at radius 3 is 2.46 bits per heavy atom. The number of benzene rings is 2. The van der Waals surface area contributed by atoms with Crippen molar-refractivity contribution in [2.75, 3.05) is 18.4 Å². The quantitative estimate of drug-likeness (QED) is 0.912. The summed E-state index contributed by atoms with van der Waals surface area (Å²) in [6.07, 6.45) is 1.45. The summed E-state index contributed by atoms with van der Waals surface area (Å²) in [4.78, 5) is 14.3. The highest BCUT2D eigenvalue weighted by Crippen LogP contribution is 2.50. The second-order valence-electron chi connectivity index (χ2n) is 7.04. The number of urea groups is 1. The molecule has 2 aromatic carbocycles. The van der Waals surface area contributed by atoms with Crippen molar-refractivity contribution in [3.8, 4) is 0 Å². The molecule has 0 aromatic heterocycles. The van der Waals surface area contributed by atoms with Crippen molar-refractivity contribution in [1.29, 1.82) is 0 Å². The van der Waals surface area contributed by atoms with E-state index in [1.54, 1.807) is 0 Å². The van der Waals surface area contributed by atoms with E-state index < -0.39 is 5.60 Å². The highest BCUT2D eigenvalue weighted by molar-refractivity contribution is 5.89. The first-order valence-electron chi connectivity index (χ1n) is 8.51. The number of anilines is 1. The molecule has 0 bridgehead atoms. The number of hydrogen-bond donors (Lipinski definition) is 2. The first-order valence-corrected chi connectivity index (χ1v) is 8.51. The average molecular weight is 322 g/mol. The normalized spacial score (nSPS) is 28.1. The number of fused-ring (bicyclic) bond motifs is 1. The maximum Gasteiger partial charge on any atom is 0.321 e. The van der Waals surface area contributed by atoms with Gasteiger partial charge < -0.3 is 15.3 Å². The molecule has 2 aliphatic rings. The Labute approximate surface area is 142 Å². The van der Waals surface area contributed by atoms with Gasteiger partial charge >= 0.3 is 6.03 Å². The molecule has 0 unspecified atom stereocenters. The van der Waals surface area contributed by atoms with Gasteiger partial charge in [0.2, 0.25) is 0 Å². The number of carbonyl (C=O) groups excluding carboxylic acids is 1. The summed E-state index contributed by atoms with van der Waals surface area (Å²) in [6.45, 7) is 1.37. The van der Waals surface area contributed by atoms with E-state index in [0.717, 1.165) is 24.2 Å². The lowest BCUT2D eigenvalue weighted by atomic mass is 9.61. The van der Waals surface area contributed by atoms with Gasteiger partial charge in [0.05, 0.1) is 5.60 Å². The summed E-state index contributed by atoms with van der Waals surface area (Å²) in [5.41, 5.74) is 1.29. The van der Waals surface area contributed by atoms with E-state index in [-0.39, 0.29) is 11.9 Å². The third-order valence-electron chi connectivity index (χ3n) is 5.41. The van der Waals surface area contributed by atoms with Crippen LogP contribution in [0, 0.1) is 11.8 Å². The molecule has 0 spiro atoms. The first kappa shape index (κ1) is 15.2. The molecule has 124 valence electrons. The number of hydrogen-bond acceptors (Lipinski definition) is 2. The van der Waals surface area contributed by atoms with Gasteiger partial charge in [-0.3, -0.25) is 0 Å². The van der Waals surface area contributed by atoms with Crippen LogP contribution in [0.5, 0.6) is 0 Å². The lowest BCUT2D eigenvalue weighted by molar-refractivity contribution is -0.116. The average Bonchev–Trinajstić information content (AvgIpc) is 2.96. The summed E-state index contributed by atoms with van der Waals surface area (Å²) in [5.74, 6) is 0.597. The van der Waals surface area contributed by atoms with Crippen LogP contribution in [0.2, 0.25) is 0 Å². The van der Waals surface area contributed by atoms with Crippen LogP contribution in [-0.2, 0) is 6.42 Å². The smallest absolute Gasteiger partial charge is 0.321 e. The van der Waals surface area contributed by atoms with Gasteiger partial charge in [-0.25, -0.2) is 4.79 Å². The summed E-state index contributed by atoms with van der Waals surface area (Å²) in [5, 5.41) is 13.9. The van der Waals surface area contributed by atoms with Crippen LogP contribution >= 0.6 is 0 Å². The maximum atomic E-state index is 12.4. The van der Waals surface area contributed by atoms with Crippen molar-refractivity contribution >= 4 is 11.7 Å². The molecule has 1 aliphatic heterocycles. The number of nitrogens with zero attached hydrogens (tertiary/aromatic N) is 1. The van der Waals surface area contributed by atoms with Gasteiger partial charge in [0.15, 0.2) is 0 Å². The zero-order valence-electron chi connectivity index (χ0n) is 13.6. The molecule has 4 nitrogen and oxygen atoms in total. The van der Waals surface area contributed by atoms with Crippen LogP contribution in [0.1, 0.15) is 12.0 Å². The first-order chi connectivity index (χ1) is 11.6. The Hall–Kier alpha value is -2.33. The second kappa shape index (κ2) is 5.95. The van der Waals surface area contributed by atoms with Crippen LogP contribution < -0.4 is 5.32 Å². The van der Waals surface area contributed by atoms with Crippen LogP contribution in [-0.4, -0.2) is 34.7 Å². The highest BCUT2D eigenvalue weighted by Gasteiger charge is 2.57. The van der Waals surface area contributed by atoms with Crippen molar-refractivity contribution < 1.29 is 9.90 Å². The van der Waals surface area contributed by atoms with E-state index >= 15 is 0 Å². The molecule has 2 amide bonds. The molecule has 1 saturated heterocycles. The number of rotatable bonds is 3. The zero-order valence-corrected chi connectivity index (χ0v) is 13.6. The molecule has 2 fully saturated rings. The fourth-order valence-electron chi connectivity index (χ4n) is 4.17. The van der Waals surface area contributed by atoms with E-state index in [1.165, 1.54) is 0 Å². The topological polar surface area (TPSA) is 52.6 Å². The van der Waals surface area contributed by atoms with Crippen LogP contribution in [0.25, 0.3) is 0 Å². The molecule has 0 radical (unpaired) electrons. The number of carbonyl (C=O) groups is 1. The number of para-hydroxylation sites is 1. The van der Waals surface area contributed by atoms with Crippen LogP contribution in [0.15, 0.2) is 60.7 Å². The minimum absolute atomic E-state index is 0.0716. The third kappa shape index (κ3) is 2.78. The monoisotopic (exact) mass is 322 g/mol. The molecule has 3 atom stereocenters. The predicted molar refractivity (Wildman–Crippen MR) is 93.7 cm³/mol. The lowest BCUT2D eigenvalue weighted by Crippen LogP contribution is -2.55. The predicted octanol–water partition coefficient (Wildman–Crippen LogP) is 3.14. The maximum absolute atomic E-state index is 12.4. The van der Waals surface area contributed by atoms with E-state index in [9.17, 15) is 9.90 Å². The Morgan fingerprint density at radius 2 is 1.75 bits per heavy atom. The molecular formula is C20H22N2O2. The van der Waals surface area contributed by atoms with Crippen LogP contribution in [0.3, 0.4) is 0 Å². The van der Waals surface area contributed by atoms with Crippen LogP contribution in [0.4, 0.5) is 10.5 Å². The van der Waals surface area contributed by atoms with Gasteiger partial charge in [-0.2, -0.15) is 0 Å². The Kier molecular flexibility index (Phi) is 3.77. The molecule has 4 heteroatoms. The van der Waals surface area contributed by atoms with E-state index in [2.05, 4.69) is 17.4 Å². The SMILES string of the molecule is O=C(Nc1ccccc1)N1C[C@H]2C[C@](O)(Cc3ccccc3)[C@H]2C1. The lowest BCUT2D eigenvalue weighted by Gasteiger charge is -2.48. The van der Waals surface area contributed by atoms with Gasteiger partial charge in [-0.15, -0.1) is 0 Å². The van der Waals surface area contributed by atoms with Gasteiger partial charge in [-0.1, -0.05) is 48.5 Å². The van der Waals surface area contributed by atoms with Gasteiger partial charge in [0.1, 0.15) is 0 Å². The Bertz CT molecular complexity index is 719. The number of amides is 2. The molecule has 1 saturated carbocycles. The standard InChI is InChI=1S/C20H22N2O2/c23-19(21-17-9-5-2-6-10-17)22-13-16-12-20(24,18(16)14-22)11-15-7-3-1-4-8-15/h1-10,16,18,24H,11-14H2,(H,21,23)/t16-,18+,20-/m1/s1. The molecule has 2 N–H and O–H groups in total. The molecule has 4 rings (SSSR count). The van der Waals surface area contributed by atoms with E-state index in [4.69, 9.17) is 0 Å². The fraction of sp³-hybridized carbons (Fsp3) is 0.350. The van der Waals surface area contributed by atoms with E-state index in [1.807, 2.05) is 53.4 Å². The fourth-order valence-corrected chi connectivity index (χ4v) is 4.17. The highest BCUT2D eigenvalue weighted by atomic mass is 16.3.